The minimum absolute atomic E-state index is 0.0110. The summed E-state index contributed by atoms with van der Waals surface area (Å²) in [7, 11) is -2.18. The van der Waals surface area contributed by atoms with E-state index in [4.69, 9.17) is 4.74 Å². The lowest BCUT2D eigenvalue weighted by molar-refractivity contribution is 0.0707. The van der Waals surface area contributed by atoms with E-state index in [1.54, 1.807) is 7.05 Å². The molecule has 0 saturated carbocycles. The summed E-state index contributed by atoms with van der Waals surface area (Å²) in [5.41, 5.74) is 0.311. The van der Waals surface area contributed by atoms with Crippen LogP contribution in [0.25, 0.3) is 0 Å². The number of sulfonamides is 1. The van der Waals surface area contributed by atoms with E-state index in [0.717, 1.165) is 17.1 Å². The lowest BCUT2D eigenvalue weighted by Crippen LogP contribution is -2.37. The summed E-state index contributed by atoms with van der Waals surface area (Å²) < 4.78 is 31.9. The lowest BCUT2D eigenvalue weighted by Gasteiger charge is -2.18. The average Bonchev–Trinajstić information content (AvgIpc) is 3.21. The fourth-order valence-corrected chi connectivity index (χ4v) is 4.65. The van der Waals surface area contributed by atoms with Gasteiger partial charge in [-0.3, -0.25) is 9.59 Å². The van der Waals surface area contributed by atoms with Crippen LogP contribution in [0.15, 0.2) is 23.1 Å². The van der Waals surface area contributed by atoms with Crippen LogP contribution in [0.1, 0.15) is 40.5 Å². The maximum atomic E-state index is 12.8. The molecule has 0 aliphatic carbocycles. The lowest BCUT2D eigenvalue weighted by atomic mass is 10.1. The maximum absolute atomic E-state index is 12.8. The molecule has 1 aromatic rings. The number of likely N-dealkylation sites (N-methyl/N-ethyl adjacent to an activating group) is 1. The van der Waals surface area contributed by atoms with E-state index < -0.39 is 15.9 Å². The number of rotatable bonds is 6. The Labute approximate surface area is 152 Å². The zero-order chi connectivity index (χ0) is 18.9. The highest BCUT2D eigenvalue weighted by molar-refractivity contribution is 7.90. The first-order valence-corrected chi connectivity index (χ1v) is 10.1. The topological polar surface area (TPSA) is 105 Å². The fourth-order valence-electron chi connectivity index (χ4n) is 3.02. The number of nitrogens with one attached hydrogen (secondary N) is 2. The second-order valence-corrected chi connectivity index (χ2v) is 8.42. The molecule has 2 atom stereocenters. The predicted octanol–water partition coefficient (Wildman–Crippen LogP) is 0.348. The molecule has 3 rings (SSSR count). The molecule has 1 aromatic carbocycles. The molecule has 1 fully saturated rings. The van der Waals surface area contributed by atoms with Crippen molar-refractivity contribution < 1.29 is 22.7 Å². The number of benzene rings is 1. The van der Waals surface area contributed by atoms with Crippen LogP contribution >= 0.6 is 0 Å². The zero-order valence-corrected chi connectivity index (χ0v) is 15.6. The highest BCUT2D eigenvalue weighted by Crippen LogP contribution is 2.32. The van der Waals surface area contributed by atoms with Crippen LogP contribution in [0.4, 0.5) is 0 Å². The largest absolute Gasteiger partial charge is 0.376 e. The summed E-state index contributed by atoms with van der Waals surface area (Å²) in [6, 6.07) is 4.24. The maximum Gasteiger partial charge on any atom is 0.269 e. The molecular weight excluding hydrogens is 358 g/mol. The monoisotopic (exact) mass is 381 g/mol. The number of carbonyl (C=O) groups is 2. The van der Waals surface area contributed by atoms with Gasteiger partial charge in [0.2, 0.25) is 0 Å². The van der Waals surface area contributed by atoms with E-state index >= 15 is 0 Å². The third kappa shape index (κ3) is 3.46. The Hall–Kier alpha value is -1.97. The molecule has 0 aromatic heterocycles. The number of fused-ring (bicyclic) bond motifs is 1. The molecule has 0 radical (unpaired) electrons. The quantitative estimate of drug-likeness (QED) is 0.737. The smallest absolute Gasteiger partial charge is 0.269 e. The zero-order valence-electron chi connectivity index (χ0n) is 14.8. The summed E-state index contributed by atoms with van der Waals surface area (Å²) in [5.74, 6) is -0.943. The predicted molar refractivity (Wildman–Crippen MR) is 94.5 cm³/mol. The average molecular weight is 381 g/mol. The number of nitrogens with zero attached hydrogens (tertiary/aromatic N) is 1. The van der Waals surface area contributed by atoms with Crippen molar-refractivity contribution in [2.24, 2.45) is 0 Å². The van der Waals surface area contributed by atoms with Gasteiger partial charge in [-0.15, -0.1) is 0 Å². The first-order chi connectivity index (χ1) is 12.3. The van der Waals surface area contributed by atoms with Crippen molar-refractivity contribution in [2.45, 2.75) is 36.8 Å². The number of carbonyl (C=O) groups excluding carboxylic acids is 2. The second-order valence-electron chi connectivity index (χ2n) is 6.59. The molecule has 0 bridgehead atoms. The van der Waals surface area contributed by atoms with Gasteiger partial charge in [0.15, 0.2) is 0 Å². The molecular formula is C17H23N3O5S. The molecule has 2 aliphatic heterocycles. The van der Waals surface area contributed by atoms with E-state index in [2.05, 4.69) is 10.6 Å². The van der Waals surface area contributed by atoms with Crippen molar-refractivity contribution in [3.63, 3.8) is 0 Å². The van der Waals surface area contributed by atoms with Gasteiger partial charge in [0.25, 0.3) is 21.8 Å². The first-order valence-electron chi connectivity index (χ1n) is 8.62. The Morgan fingerprint density at radius 2 is 2.19 bits per heavy atom. The first kappa shape index (κ1) is 18.8. The molecule has 9 heteroatoms. The number of amides is 2. The van der Waals surface area contributed by atoms with Crippen LogP contribution in [0, 0.1) is 0 Å². The summed E-state index contributed by atoms with van der Waals surface area (Å²) in [5, 5.41) is 5.73. The highest BCUT2D eigenvalue weighted by Gasteiger charge is 2.43. The summed E-state index contributed by atoms with van der Waals surface area (Å²) in [4.78, 5) is 24.7. The van der Waals surface area contributed by atoms with Crippen LogP contribution in [0.2, 0.25) is 0 Å². The molecule has 2 unspecified atom stereocenters. The molecule has 26 heavy (non-hydrogen) atoms. The molecule has 2 N–H and O–H groups in total. The SMILES string of the molecule is CNC(C)CNC(=O)c1ccc2c(c1)S(=O)(=O)N(CC1CCCO1)C2=O. The van der Waals surface area contributed by atoms with Crippen molar-refractivity contribution in [1.82, 2.24) is 14.9 Å². The van der Waals surface area contributed by atoms with Gasteiger partial charge in [0.1, 0.15) is 4.90 Å². The van der Waals surface area contributed by atoms with Gasteiger partial charge in [-0.05, 0) is 45.0 Å². The van der Waals surface area contributed by atoms with Crippen molar-refractivity contribution in [3.05, 3.63) is 29.3 Å². The van der Waals surface area contributed by atoms with Crippen LogP contribution in [-0.2, 0) is 14.8 Å². The van der Waals surface area contributed by atoms with Gasteiger partial charge < -0.3 is 15.4 Å². The third-order valence-electron chi connectivity index (χ3n) is 4.72. The van der Waals surface area contributed by atoms with Gasteiger partial charge in [0, 0.05) is 24.8 Å². The highest BCUT2D eigenvalue weighted by atomic mass is 32.2. The minimum Gasteiger partial charge on any atom is -0.376 e. The van der Waals surface area contributed by atoms with E-state index in [1.807, 2.05) is 6.92 Å². The van der Waals surface area contributed by atoms with E-state index in [1.165, 1.54) is 18.2 Å². The van der Waals surface area contributed by atoms with Crippen LogP contribution in [0.3, 0.4) is 0 Å². The van der Waals surface area contributed by atoms with Crippen LogP contribution in [0.5, 0.6) is 0 Å². The van der Waals surface area contributed by atoms with E-state index in [9.17, 15) is 18.0 Å². The van der Waals surface area contributed by atoms with E-state index in [-0.39, 0.29) is 40.6 Å². The number of hydrogen-bond acceptors (Lipinski definition) is 6. The normalized spacial score (nSPS) is 22.3. The second kappa shape index (κ2) is 7.34. The molecule has 142 valence electrons. The van der Waals surface area contributed by atoms with Gasteiger partial charge in [-0.1, -0.05) is 0 Å². The van der Waals surface area contributed by atoms with Crippen LogP contribution < -0.4 is 10.6 Å². The van der Waals surface area contributed by atoms with Gasteiger partial charge in [0.05, 0.1) is 18.2 Å². The van der Waals surface area contributed by atoms with Gasteiger partial charge in [-0.2, -0.15) is 0 Å². The summed E-state index contributed by atoms with van der Waals surface area (Å²) in [6.45, 7) is 2.91. The molecule has 0 spiro atoms. The molecule has 2 amide bonds. The third-order valence-corrected chi connectivity index (χ3v) is 6.51. The molecule has 2 heterocycles. The Kier molecular flexibility index (Phi) is 5.31. The standard InChI is InChI=1S/C17H23N3O5S/c1-11(18-2)9-19-16(21)12-5-6-14-15(8-12)26(23,24)20(17(14)22)10-13-4-3-7-25-13/h5-6,8,11,13,18H,3-4,7,9-10H2,1-2H3,(H,19,21). The van der Waals surface area contributed by atoms with Crippen molar-refractivity contribution in [2.75, 3.05) is 26.7 Å². The summed E-state index contributed by atoms with van der Waals surface area (Å²) in [6.07, 6.45) is 1.32. The number of hydrogen-bond donors (Lipinski definition) is 2. The fraction of sp³-hybridized carbons (Fsp3) is 0.529. The van der Waals surface area contributed by atoms with E-state index in [0.29, 0.717) is 13.2 Å². The van der Waals surface area contributed by atoms with Crippen LogP contribution in [-0.4, -0.2) is 63.4 Å². The Bertz CT molecular complexity index is 818. The van der Waals surface area contributed by atoms with Crippen molar-refractivity contribution >= 4 is 21.8 Å². The Morgan fingerprint density at radius 3 is 2.85 bits per heavy atom. The minimum atomic E-state index is -3.96. The Balaban J connectivity index is 1.82. The summed E-state index contributed by atoms with van der Waals surface area (Å²) >= 11 is 0. The van der Waals surface area contributed by atoms with Crippen molar-refractivity contribution in [1.29, 1.82) is 0 Å². The molecule has 1 saturated heterocycles. The van der Waals surface area contributed by atoms with Gasteiger partial charge >= 0.3 is 0 Å². The number of ether oxygens (including phenoxy) is 1. The van der Waals surface area contributed by atoms with Crippen molar-refractivity contribution in [3.8, 4) is 0 Å². The van der Waals surface area contributed by atoms with Gasteiger partial charge in [-0.25, -0.2) is 12.7 Å². The molecule has 2 aliphatic rings. The molecule has 8 nitrogen and oxygen atoms in total. The Morgan fingerprint density at radius 1 is 1.42 bits per heavy atom.